The van der Waals surface area contributed by atoms with Gasteiger partial charge in [0.05, 0.1) is 6.61 Å². The zero-order chi connectivity index (χ0) is 15.3. The molecule has 9 heteroatoms. The molecule has 5 nitrogen and oxygen atoms in total. The predicted molar refractivity (Wildman–Crippen MR) is 63.9 cm³/mol. The highest BCUT2D eigenvalue weighted by Crippen LogP contribution is 2.22. The topological polar surface area (TPSA) is 66.0 Å². The fourth-order valence-corrected chi connectivity index (χ4v) is 1.55. The number of nitrogens with two attached hydrogens (primary N) is 1. The molecule has 0 saturated carbocycles. The summed E-state index contributed by atoms with van der Waals surface area (Å²) in [4.78, 5) is 4.01. The molecule has 1 aromatic heterocycles. The second-order valence-electron chi connectivity index (χ2n) is 4.76. The lowest BCUT2D eigenvalue weighted by Gasteiger charge is -2.18. The molecule has 0 amide bonds. The molecule has 0 radical (unpaired) electrons. The van der Waals surface area contributed by atoms with Gasteiger partial charge in [0.2, 0.25) is 0 Å². The highest BCUT2D eigenvalue weighted by Gasteiger charge is 2.41. The van der Waals surface area contributed by atoms with Crippen LogP contribution in [0.4, 0.5) is 17.6 Å². The van der Waals surface area contributed by atoms with Crippen molar-refractivity contribution in [1.29, 1.82) is 0 Å². The summed E-state index contributed by atoms with van der Waals surface area (Å²) in [7, 11) is 0. The van der Waals surface area contributed by atoms with E-state index in [1.807, 2.05) is 13.8 Å². The van der Waals surface area contributed by atoms with Crippen molar-refractivity contribution >= 4 is 0 Å². The van der Waals surface area contributed by atoms with Gasteiger partial charge in [0, 0.05) is 18.5 Å². The summed E-state index contributed by atoms with van der Waals surface area (Å²) >= 11 is 0. The lowest BCUT2D eigenvalue weighted by atomic mass is 10.2. The first-order chi connectivity index (χ1) is 9.24. The lowest BCUT2D eigenvalue weighted by Crippen LogP contribution is -2.36. The Bertz CT molecular complexity index is 411. The fraction of sp³-hybridized carbons (Fsp3) is 0.818. The van der Waals surface area contributed by atoms with Crippen LogP contribution < -0.4 is 5.73 Å². The minimum Gasteiger partial charge on any atom is -0.373 e. The number of nitrogens with zero attached hydrogens (tertiary/aromatic N) is 3. The summed E-state index contributed by atoms with van der Waals surface area (Å²) in [6, 6.07) is -0.533. The number of halogens is 4. The molecule has 1 unspecified atom stereocenters. The van der Waals surface area contributed by atoms with Gasteiger partial charge in [-0.3, -0.25) is 0 Å². The largest absolute Gasteiger partial charge is 0.373 e. The average molecular weight is 298 g/mol. The average Bonchev–Trinajstić information content (AvgIpc) is 2.76. The Balaban J connectivity index is 2.41. The third-order valence-electron chi connectivity index (χ3n) is 2.53. The number of aromatic nitrogens is 3. The van der Waals surface area contributed by atoms with Gasteiger partial charge in [0.1, 0.15) is 18.8 Å². The molecule has 0 fully saturated rings. The van der Waals surface area contributed by atoms with E-state index < -0.39 is 25.0 Å². The van der Waals surface area contributed by atoms with Crippen LogP contribution in [0.3, 0.4) is 0 Å². The molecule has 1 heterocycles. The molecule has 0 aromatic carbocycles. The SMILES string of the molecule is CC(C)n1ncnc1CC(N)COCC(F)(F)C(F)F. The monoisotopic (exact) mass is 298 g/mol. The Hall–Kier alpha value is -1.22. The van der Waals surface area contributed by atoms with Gasteiger partial charge in [0.25, 0.3) is 0 Å². The molecule has 0 aliphatic heterocycles. The molecule has 0 spiro atoms. The first-order valence-corrected chi connectivity index (χ1v) is 6.11. The summed E-state index contributed by atoms with van der Waals surface area (Å²) < 4.78 is 55.2. The first kappa shape index (κ1) is 16.8. The van der Waals surface area contributed by atoms with Crippen molar-refractivity contribution in [3.05, 3.63) is 12.2 Å². The molecule has 0 aliphatic rings. The molecule has 0 saturated heterocycles. The highest BCUT2D eigenvalue weighted by atomic mass is 19.3. The summed E-state index contributed by atoms with van der Waals surface area (Å²) in [6.45, 7) is 2.20. The van der Waals surface area contributed by atoms with Gasteiger partial charge in [0.15, 0.2) is 0 Å². The van der Waals surface area contributed by atoms with Crippen molar-refractivity contribution in [2.24, 2.45) is 5.73 Å². The normalized spacial score (nSPS) is 14.2. The van der Waals surface area contributed by atoms with Gasteiger partial charge < -0.3 is 10.5 Å². The highest BCUT2D eigenvalue weighted by molar-refractivity contribution is 4.90. The molecule has 0 bridgehead atoms. The number of alkyl halides is 4. The number of hydrogen-bond acceptors (Lipinski definition) is 4. The van der Waals surface area contributed by atoms with Gasteiger partial charge in [-0.05, 0) is 13.8 Å². The number of ether oxygens (including phenoxy) is 1. The maximum atomic E-state index is 12.6. The maximum absolute atomic E-state index is 12.6. The van der Waals surface area contributed by atoms with Gasteiger partial charge in [-0.25, -0.2) is 18.4 Å². The molecule has 2 N–H and O–H groups in total. The minimum absolute atomic E-state index is 0.0868. The molecule has 1 atom stereocenters. The zero-order valence-electron chi connectivity index (χ0n) is 11.3. The summed E-state index contributed by atoms with van der Waals surface area (Å²) in [5, 5.41) is 4.00. The lowest BCUT2D eigenvalue weighted by molar-refractivity contribution is -0.166. The standard InChI is InChI=1S/C11H18F4N4O/c1-7(2)19-9(17-6-18-19)3-8(16)4-20-5-11(14,15)10(12)13/h6-8,10H,3-5,16H2,1-2H3. The van der Waals surface area contributed by atoms with Crippen molar-refractivity contribution in [1.82, 2.24) is 14.8 Å². The van der Waals surface area contributed by atoms with E-state index in [0.29, 0.717) is 5.82 Å². The Morgan fingerprint density at radius 3 is 2.60 bits per heavy atom. The van der Waals surface area contributed by atoms with Gasteiger partial charge in [-0.2, -0.15) is 13.9 Å². The van der Waals surface area contributed by atoms with Crippen LogP contribution >= 0.6 is 0 Å². The van der Waals surface area contributed by atoms with E-state index in [9.17, 15) is 17.6 Å². The maximum Gasteiger partial charge on any atom is 0.330 e. The summed E-state index contributed by atoms with van der Waals surface area (Å²) in [6.07, 6.45) is -2.12. The second-order valence-corrected chi connectivity index (χ2v) is 4.76. The van der Waals surface area contributed by atoms with E-state index in [4.69, 9.17) is 5.73 Å². The number of hydrogen-bond donors (Lipinski definition) is 1. The van der Waals surface area contributed by atoms with Crippen LogP contribution in [-0.4, -0.2) is 46.4 Å². The third kappa shape index (κ3) is 4.71. The van der Waals surface area contributed by atoms with Gasteiger partial charge in [-0.1, -0.05) is 0 Å². The van der Waals surface area contributed by atoms with Crippen molar-refractivity contribution in [3.8, 4) is 0 Å². The van der Waals surface area contributed by atoms with Crippen LogP contribution in [0.5, 0.6) is 0 Å². The molecule has 1 aromatic rings. The Morgan fingerprint density at radius 2 is 2.05 bits per heavy atom. The second kappa shape index (κ2) is 6.98. The molecular formula is C11H18F4N4O. The van der Waals surface area contributed by atoms with E-state index in [2.05, 4.69) is 14.8 Å². The minimum atomic E-state index is -4.16. The predicted octanol–water partition coefficient (Wildman–Crippen LogP) is 1.65. The Labute approximate surface area is 114 Å². The molecular weight excluding hydrogens is 280 g/mol. The van der Waals surface area contributed by atoms with Crippen molar-refractivity contribution in [2.75, 3.05) is 13.2 Å². The van der Waals surface area contributed by atoms with E-state index in [1.165, 1.54) is 6.33 Å². The quantitative estimate of drug-likeness (QED) is 0.741. The summed E-state index contributed by atoms with van der Waals surface area (Å²) in [5.74, 6) is -3.56. The van der Waals surface area contributed by atoms with Crippen LogP contribution in [0, 0.1) is 0 Å². The van der Waals surface area contributed by atoms with Crippen LogP contribution in [-0.2, 0) is 11.2 Å². The Morgan fingerprint density at radius 1 is 1.40 bits per heavy atom. The van der Waals surface area contributed by atoms with E-state index in [1.54, 1.807) is 4.68 Å². The van der Waals surface area contributed by atoms with Crippen LogP contribution in [0.2, 0.25) is 0 Å². The number of rotatable bonds is 8. The van der Waals surface area contributed by atoms with E-state index >= 15 is 0 Å². The first-order valence-electron chi connectivity index (χ1n) is 6.11. The zero-order valence-corrected chi connectivity index (χ0v) is 11.3. The van der Waals surface area contributed by atoms with Gasteiger partial charge in [-0.15, -0.1) is 0 Å². The molecule has 116 valence electrons. The molecule has 1 rings (SSSR count). The third-order valence-corrected chi connectivity index (χ3v) is 2.53. The van der Waals surface area contributed by atoms with E-state index in [-0.39, 0.29) is 19.1 Å². The molecule has 20 heavy (non-hydrogen) atoms. The molecule has 0 aliphatic carbocycles. The van der Waals surface area contributed by atoms with Crippen LogP contribution in [0.15, 0.2) is 6.33 Å². The summed E-state index contributed by atoms with van der Waals surface area (Å²) in [5.41, 5.74) is 5.70. The van der Waals surface area contributed by atoms with Gasteiger partial charge >= 0.3 is 12.3 Å². The van der Waals surface area contributed by atoms with E-state index in [0.717, 1.165) is 0 Å². The fourth-order valence-electron chi connectivity index (χ4n) is 1.55. The van der Waals surface area contributed by atoms with Crippen LogP contribution in [0.1, 0.15) is 25.7 Å². The smallest absolute Gasteiger partial charge is 0.330 e. The Kier molecular flexibility index (Phi) is 5.88. The van der Waals surface area contributed by atoms with Crippen molar-refractivity contribution in [2.45, 2.75) is 44.7 Å². The van der Waals surface area contributed by atoms with Crippen LogP contribution in [0.25, 0.3) is 0 Å². The van der Waals surface area contributed by atoms with Crippen molar-refractivity contribution < 1.29 is 22.3 Å². The van der Waals surface area contributed by atoms with Crippen molar-refractivity contribution in [3.63, 3.8) is 0 Å².